The van der Waals surface area contributed by atoms with Crippen LogP contribution in [0.15, 0.2) is 23.0 Å². The van der Waals surface area contributed by atoms with Gasteiger partial charge in [-0.25, -0.2) is 0 Å². The Morgan fingerprint density at radius 2 is 1.69 bits per heavy atom. The Bertz CT molecular complexity index is 509. The van der Waals surface area contributed by atoms with Gasteiger partial charge in [0.25, 0.3) is 0 Å². The monoisotopic (exact) mass is 365 g/mol. The van der Waals surface area contributed by atoms with Crippen LogP contribution >= 0.6 is 0 Å². The number of ether oxygens (including phenoxy) is 2. The molecule has 0 spiro atoms. The Kier molecular flexibility index (Phi) is 8.41. The maximum atomic E-state index is 6.29. The summed E-state index contributed by atoms with van der Waals surface area (Å²) in [4.78, 5) is 2.58. The van der Waals surface area contributed by atoms with E-state index in [-0.39, 0.29) is 11.1 Å². The molecular formula is C23H43NO2. The van der Waals surface area contributed by atoms with Crippen molar-refractivity contribution in [3.63, 3.8) is 0 Å². The Morgan fingerprint density at radius 3 is 2.19 bits per heavy atom. The molecule has 1 aliphatic carbocycles. The van der Waals surface area contributed by atoms with Gasteiger partial charge >= 0.3 is 0 Å². The standard InChI is InChI=1S/C23H43NO2/c1-17(2)24(23(9,10)14-15-26-22(6,7)8)20(5)16-25-21-18(3)12-11-13-19(21)4/h12,17,20H,11,13-16H2,1-10H3. The number of allylic oxidation sites excluding steroid dienone is 3. The van der Waals surface area contributed by atoms with Crippen LogP contribution in [-0.2, 0) is 9.47 Å². The van der Waals surface area contributed by atoms with E-state index in [2.05, 4.69) is 80.2 Å². The van der Waals surface area contributed by atoms with E-state index in [9.17, 15) is 0 Å². The first-order valence-electron chi connectivity index (χ1n) is 10.3. The first kappa shape index (κ1) is 23.2. The second-order valence-corrected chi connectivity index (χ2v) is 9.72. The average molecular weight is 366 g/mol. The van der Waals surface area contributed by atoms with Crippen molar-refractivity contribution in [2.45, 2.75) is 112 Å². The number of nitrogens with zero attached hydrogens (tertiary/aromatic N) is 1. The van der Waals surface area contributed by atoms with E-state index in [4.69, 9.17) is 9.47 Å². The molecule has 0 amide bonds. The first-order chi connectivity index (χ1) is 11.8. The van der Waals surface area contributed by atoms with E-state index in [1.54, 1.807) is 0 Å². The molecule has 1 rings (SSSR count). The van der Waals surface area contributed by atoms with Gasteiger partial charge in [-0.2, -0.15) is 0 Å². The van der Waals surface area contributed by atoms with Crippen molar-refractivity contribution in [1.82, 2.24) is 4.90 Å². The van der Waals surface area contributed by atoms with Crippen LogP contribution in [0.2, 0.25) is 0 Å². The van der Waals surface area contributed by atoms with Gasteiger partial charge in [-0.1, -0.05) is 6.08 Å². The molecule has 0 aromatic rings. The predicted molar refractivity (Wildman–Crippen MR) is 112 cm³/mol. The van der Waals surface area contributed by atoms with Gasteiger partial charge in [-0.3, -0.25) is 4.90 Å². The molecule has 1 unspecified atom stereocenters. The van der Waals surface area contributed by atoms with Crippen LogP contribution < -0.4 is 0 Å². The number of hydrogen-bond acceptors (Lipinski definition) is 3. The minimum Gasteiger partial charge on any atom is -0.492 e. The summed E-state index contributed by atoms with van der Waals surface area (Å²) in [5, 5.41) is 0. The van der Waals surface area contributed by atoms with Crippen molar-refractivity contribution in [2.75, 3.05) is 13.2 Å². The molecule has 0 radical (unpaired) electrons. The van der Waals surface area contributed by atoms with Crippen molar-refractivity contribution in [1.29, 1.82) is 0 Å². The van der Waals surface area contributed by atoms with Crippen molar-refractivity contribution in [3.8, 4) is 0 Å². The van der Waals surface area contributed by atoms with Crippen LogP contribution in [0.4, 0.5) is 0 Å². The van der Waals surface area contributed by atoms with Gasteiger partial charge < -0.3 is 9.47 Å². The summed E-state index contributed by atoms with van der Waals surface area (Å²) < 4.78 is 12.3. The van der Waals surface area contributed by atoms with Gasteiger partial charge in [0.1, 0.15) is 12.4 Å². The number of hydrogen-bond donors (Lipinski definition) is 0. The SMILES string of the molecule is CC1=CCCC(C)=C1OCC(C)N(C(C)C)C(C)(C)CCOC(C)(C)C. The normalized spacial score (nSPS) is 17.8. The van der Waals surface area contributed by atoms with E-state index < -0.39 is 0 Å². The topological polar surface area (TPSA) is 21.7 Å². The predicted octanol–water partition coefficient (Wildman–Crippen LogP) is 6.10. The van der Waals surface area contributed by atoms with Crippen LogP contribution in [0.5, 0.6) is 0 Å². The van der Waals surface area contributed by atoms with Crippen LogP contribution in [0.25, 0.3) is 0 Å². The zero-order valence-electron chi connectivity index (χ0n) is 19.0. The molecule has 26 heavy (non-hydrogen) atoms. The molecule has 0 saturated heterocycles. The third kappa shape index (κ3) is 7.08. The Balaban J connectivity index is 2.74. The summed E-state index contributed by atoms with van der Waals surface area (Å²) in [7, 11) is 0. The highest BCUT2D eigenvalue weighted by atomic mass is 16.5. The van der Waals surface area contributed by atoms with Crippen molar-refractivity contribution >= 4 is 0 Å². The zero-order chi connectivity index (χ0) is 20.1. The van der Waals surface area contributed by atoms with Gasteiger partial charge in [0.2, 0.25) is 0 Å². The van der Waals surface area contributed by atoms with Gasteiger partial charge in [-0.15, -0.1) is 0 Å². The summed E-state index contributed by atoms with van der Waals surface area (Å²) >= 11 is 0. The molecule has 152 valence electrons. The van der Waals surface area contributed by atoms with Crippen LogP contribution in [0, 0.1) is 0 Å². The highest BCUT2D eigenvalue weighted by Gasteiger charge is 2.33. The highest BCUT2D eigenvalue weighted by molar-refractivity contribution is 5.31. The molecule has 0 saturated carbocycles. The fraction of sp³-hybridized carbons (Fsp3) is 0.826. The fourth-order valence-electron chi connectivity index (χ4n) is 4.11. The third-order valence-corrected chi connectivity index (χ3v) is 5.16. The molecule has 1 aliphatic rings. The largest absolute Gasteiger partial charge is 0.492 e. The van der Waals surface area contributed by atoms with Gasteiger partial charge in [0, 0.05) is 24.2 Å². The van der Waals surface area contributed by atoms with E-state index in [1.807, 2.05) is 0 Å². The summed E-state index contributed by atoms with van der Waals surface area (Å²) in [5.41, 5.74) is 2.65. The van der Waals surface area contributed by atoms with Crippen LogP contribution in [0.1, 0.15) is 88.5 Å². The lowest BCUT2D eigenvalue weighted by atomic mass is 9.94. The van der Waals surface area contributed by atoms with Crippen molar-refractivity contribution in [3.05, 3.63) is 23.0 Å². The van der Waals surface area contributed by atoms with Gasteiger partial charge in [0.05, 0.1) is 5.60 Å². The maximum absolute atomic E-state index is 6.29. The quantitative estimate of drug-likeness (QED) is 0.493. The zero-order valence-corrected chi connectivity index (χ0v) is 19.0. The maximum Gasteiger partial charge on any atom is 0.120 e. The van der Waals surface area contributed by atoms with E-state index in [1.165, 1.54) is 11.1 Å². The summed E-state index contributed by atoms with van der Waals surface area (Å²) in [6, 6.07) is 0.797. The fourth-order valence-corrected chi connectivity index (χ4v) is 4.11. The minimum atomic E-state index is -0.0810. The summed E-state index contributed by atoms with van der Waals surface area (Å²) in [6.45, 7) is 23.7. The Hall–Kier alpha value is -0.800. The lowest BCUT2D eigenvalue weighted by Crippen LogP contribution is -2.54. The van der Waals surface area contributed by atoms with E-state index in [0.29, 0.717) is 12.1 Å². The number of rotatable bonds is 9. The molecule has 0 aromatic carbocycles. The lowest BCUT2D eigenvalue weighted by Gasteiger charge is -2.45. The smallest absolute Gasteiger partial charge is 0.120 e. The molecule has 0 aliphatic heterocycles. The molecule has 0 N–H and O–H groups in total. The molecule has 0 aromatic heterocycles. The lowest BCUT2D eigenvalue weighted by molar-refractivity contribution is -0.0439. The average Bonchev–Trinajstić information content (AvgIpc) is 2.44. The summed E-state index contributed by atoms with van der Waals surface area (Å²) in [5.74, 6) is 1.11. The van der Waals surface area contributed by atoms with E-state index in [0.717, 1.165) is 38.2 Å². The second-order valence-electron chi connectivity index (χ2n) is 9.72. The highest BCUT2D eigenvalue weighted by Crippen LogP contribution is 2.29. The Labute approximate surface area is 162 Å². The van der Waals surface area contributed by atoms with Crippen molar-refractivity contribution < 1.29 is 9.47 Å². The summed E-state index contributed by atoms with van der Waals surface area (Å²) in [6.07, 6.45) is 5.55. The Morgan fingerprint density at radius 1 is 1.08 bits per heavy atom. The molecular weight excluding hydrogens is 322 g/mol. The molecule has 3 nitrogen and oxygen atoms in total. The molecule has 0 fully saturated rings. The van der Waals surface area contributed by atoms with Gasteiger partial charge in [-0.05, 0) is 99.6 Å². The molecule has 1 atom stereocenters. The second kappa shape index (κ2) is 9.41. The minimum absolute atomic E-state index is 0.0586. The van der Waals surface area contributed by atoms with Gasteiger partial charge in [0.15, 0.2) is 0 Å². The molecule has 0 heterocycles. The van der Waals surface area contributed by atoms with Crippen LogP contribution in [0.3, 0.4) is 0 Å². The molecule has 3 heteroatoms. The van der Waals surface area contributed by atoms with Crippen molar-refractivity contribution in [2.24, 2.45) is 0 Å². The first-order valence-corrected chi connectivity index (χ1v) is 10.3. The third-order valence-electron chi connectivity index (χ3n) is 5.16. The molecule has 0 bridgehead atoms. The van der Waals surface area contributed by atoms with E-state index >= 15 is 0 Å². The van der Waals surface area contributed by atoms with Crippen LogP contribution in [-0.4, -0.2) is 41.3 Å².